The van der Waals surface area contributed by atoms with E-state index in [0.717, 1.165) is 6.42 Å². The maximum atomic E-state index is 11.3. The monoisotopic (exact) mass is 170 g/mol. The Morgan fingerprint density at radius 1 is 1.42 bits per heavy atom. The molecule has 1 unspecified atom stereocenters. The second-order valence-corrected chi connectivity index (χ2v) is 3.15. The number of hydrogen-bond acceptors (Lipinski definition) is 3. The van der Waals surface area contributed by atoms with E-state index in [1.165, 1.54) is 0 Å². The summed E-state index contributed by atoms with van der Waals surface area (Å²) in [6.45, 7) is 0.968. The molecule has 2 rings (SSSR count). The summed E-state index contributed by atoms with van der Waals surface area (Å²) in [7, 11) is 0. The van der Waals surface area contributed by atoms with Crippen LogP contribution in [0.2, 0.25) is 0 Å². The zero-order chi connectivity index (χ0) is 8.60. The first-order valence-corrected chi connectivity index (χ1v) is 3.94. The molecule has 0 radical (unpaired) electrons. The van der Waals surface area contributed by atoms with Crippen LogP contribution in [0.15, 0.2) is 0 Å². The van der Waals surface area contributed by atoms with Gasteiger partial charge in [0.1, 0.15) is 5.54 Å². The van der Waals surface area contributed by atoms with Crippen molar-refractivity contribution < 1.29 is 14.3 Å². The molecule has 2 N–H and O–H groups in total. The number of ether oxygens (including phenoxy) is 1. The van der Waals surface area contributed by atoms with Crippen molar-refractivity contribution in [3.8, 4) is 0 Å². The molecule has 0 aromatic rings. The molecule has 2 aliphatic rings. The van der Waals surface area contributed by atoms with Crippen LogP contribution in [0.3, 0.4) is 0 Å². The zero-order valence-electron chi connectivity index (χ0n) is 6.55. The first kappa shape index (κ1) is 7.54. The molecule has 2 aliphatic heterocycles. The highest BCUT2D eigenvalue weighted by atomic mass is 16.5. The van der Waals surface area contributed by atoms with Gasteiger partial charge in [-0.15, -0.1) is 0 Å². The Hall–Kier alpha value is -1.10. The lowest BCUT2D eigenvalue weighted by Gasteiger charge is -2.29. The topological polar surface area (TPSA) is 67.4 Å². The van der Waals surface area contributed by atoms with E-state index in [0.29, 0.717) is 19.6 Å². The Kier molecular flexibility index (Phi) is 1.54. The Morgan fingerprint density at radius 3 is 2.75 bits per heavy atom. The van der Waals surface area contributed by atoms with E-state index in [-0.39, 0.29) is 5.91 Å². The largest absolute Gasteiger partial charge is 0.378 e. The van der Waals surface area contributed by atoms with E-state index in [2.05, 4.69) is 10.6 Å². The molecule has 5 heteroatoms. The summed E-state index contributed by atoms with van der Waals surface area (Å²) in [6.07, 6.45) is 1.48. The van der Waals surface area contributed by atoms with Crippen molar-refractivity contribution in [3.05, 3.63) is 0 Å². The number of carbonyl (C=O) groups excluding carboxylic acids is 2. The molecule has 2 saturated heterocycles. The van der Waals surface area contributed by atoms with Crippen molar-refractivity contribution in [2.24, 2.45) is 0 Å². The Labute approximate surface area is 69.5 Å². The average molecular weight is 170 g/mol. The van der Waals surface area contributed by atoms with Gasteiger partial charge in [-0.3, -0.25) is 10.1 Å². The molecule has 12 heavy (non-hydrogen) atoms. The van der Waals surface area contributed by atoms with Crippen molar-refractivity contribution in [2.75, 3.05) is 13.2 Å². The molecule has 0 aromatic heterocycles. The summed E-state index contributed by atoms with van der Waals surface area (Å²) in [5.41, 5.74) is -0.769. The minimum absolute atomic E-state index is 0.257. The Bertz CT molecular complexity index is 233. The van der Waals surface area contributed by atoms with Crippen LogP contribution in [0.1, 0.15) is 12.8 Å². The smallest absolute Gasteiger partial charge is 0.322 e. The van der Waals surface area contributed by atoms with Crippen LogP contribution in [0.4, 0.5) is 4.79 Å². The van der Waals surface area contributed by atoms with E-state index in [4.69, 9.17) is 4.74 Å². The van der Waals surface area contributed by atoms with Crippen LogP contribution in [-0.2, 0) is 9.53 Å². The molecule has 5 nitrogen and oxygen atoms in total. The summed E-state index contributed by atoms with van der Waals surface area (Å²) in [5, 5.41) is 4.80. The number of nitrogens with one attached hydrogen (secondary N) is 2. The van der Waals surface area contributed by atoms with Crippen molar-refractivity contribution >= 4 is 11.9 Å². The highest BCUT2D eigenvalue weighted by Gasteiger charge is 2.47. The fraction of sp³-hybridized carbons (Fsp3) is 0.714. The molecule has 0 aliphatic carbocycles. The summed E-state index contributed by atoms with van der Waals surface area (Å²) in [6, 6.07) is -0.412. The fourth-order valence-corrected chi connectivity index (χ4v) is 1.60. The van der Waals surface area contributed by atoms with E-state index >= 15 is 0 Å². The van der Waals surface area contributed by atoms with Gasteiger partial charge in [0.25, 0.3) is 5.91 Å². The Balaban J connectivity index is 2.18. The van der Waals surface area contributed by atoms with Crippen molar-refractivity contribution in [1.82, 2.24) is 10.6 Å². The van der Waals surface area contributed by atoms with Crippen LogP contribution >= 0.6 is 0 Å². The van der Waals surface area contributed by atoms with Crippen LogP contribution in [-0.4, -0.2) is 30.7 Å². The first-order valence-electron chi connectivity index (χ1n) is 3.94. The lowest BCUT2D eigenvalue weighted by molar-refractivity contribution is -0.128. The lowest BCUT2D eigenvalue weighted by Crippen LogP contribution is -2.53. The Morgan fingerprint density at radius 2 is 2.25 bits per heavy atom. The van der Waals surface area contributed by atoms with Crippen molar-refractivity contribution in [1.29, 1.82) is 0 Å². The normalized spacial score (nSPS) is 35.0. The SMILES string of the molecule is O=C1NC(=O)C2(CCCOC2)N1. The van der Waals surface area contributed by atoms with Crippen LogP contribution in [0.5, 0.6) is 0 Å². The maximum Gasteiger partial charge on any atom is 0.322 e. The number of urea groups is 1. The van der Waals surface area contributed by atoms with E-state index < -0.39 is 11.6 Å². The number of imide groups is 1. The summed E-state index contributed by atoms with van der Waals surface area (Å²) in [4.78, 5) is 22.1. The van der Waals surface area contributed by atoms with E-state index in [1.54, 1.807) is 0 Å². The molecule has 2 heterocycles. The molecule has 1 spiro atoms. The number of rotatable bonds is 0. The molecule has 66 valence electrons. The van der Waals surface area contributed by atoms with E-state index in [1.807, 2.05) is 0 Å². The van der Waals surface area contributed by atoms with Crippen LogP contribution < -0.4 is 10.6 Å². The second kappa shape index (κ2) is 2.45. The molecular formula is C7H10N2O3. The molecular weight excluding hydrogens is 160 g/mol. The van der Waals surface area contributed by atoms with Gasteiger partial charge in [-0.2, -0.15) is 0 Å². The van der Waals surface area contributed by atoms with Gasteiger partial charge in [-0.05, 0) is 12.8 Å². The van der Waals surface area contributed by atoms with Gasteiger partial charge in [0.05, 0.1) is 6.61 Å². The second-order valence-electron chi connectivity index (χ2n) is 3.15. The molecule has 0 aromatic carbocycles. The number of carbonyl (C=O) groups is 2. The third-order valence-electron chi connectivity index (χ3n) is 2.26. The molecule has 3 amide bonds. The summed E-state index contributed by atoms with van der Waals surface area (Å²) < 4.78 is 5.15. The summed E-state index contributed by atoms with van der Waals surface area (Å²) in [5.74, 6) is -0.257. The molecule has 0 bridgehead atoms. The van der Waals surface area contributed by atoms with Gasteiger partial charge in [-0.25, -0.2) is 4.79 Å². The number of hydrogen-bond donors (Lipinski definition) is 2. The molecule has 2 fully saturated rings. The van der Waals surface area contributed by atoms with Gasteiger partial charge < -0.3 is 10.1 Å². The molecule has 1 atom stereocenters. The highest BCUT2D eigenvalue weighted by molar-refractivity contribution is 6.07. The van der Waals surface area contributed by atoms with Crippen molar-refractivity contribution in [3.63, 3.8) is 0 Å². The molecule has 0 saturated carbocycles. The quantitative estimate of drug-likeness (QED) is 0.476. The maximum absolute atomic E-state index is 11.3. The summed E-state index contributed by atoms with van der Waals surface area (Å²) >= 11 is 0. The minimum Gasteiger partial charge on any atom is -0.378 e. The van der Waals surface area contributed by atoms with Gasteiger partial charge >= 0.3 is 6.03 Å². The highest BCUT2D eigenvalue weighted by Crippen LogP contribution is 2.21. The van der Waals surface area contributed by atoms with E-state index in [9.17, 15) is 9.59 Å². The lowest BCUT2D eigenvalue weighted by atomic mass is 9.93. The average Bonchev–Trinajstić information content (AvgIpc) is 2.29. The third kappa shape index (κ3) is 0.972. The van der Waals surface area contributed by atoms with Gasteiger partial charge in [-0.1, -0.05) is 0 Å². The first-order chi connectivity index (χ1) is 5.73. The zero-order valence-corrected chi connectivity index (χ0v) is 6.55. The minimum atomic E-state index is -0.769. The third-order valence-corrected chi connectivity index (χ3v) is 2.26. The predicted molar refractivity (Wildman–Crippen MR) is 39.5 cm³/mol. The standard InChI is InChI=1S/C7H10N2O3/c10-5-7(9-6(11)8-5)2-1-3-12-4-7/h1-4H2,(H2,8,9,10,11). The van der Waals surface area contributed by atoms with Crippen LogP contribution in [0.25, 0.3) is 0 Å². The number of amides is 3. The van der Waals surface area contributed by atoms with Gasteiger partial charge in [0, 0.05) is 6.61 Å². The fourth-order valence-electron chi connectivity index (χ4n) is 1.60. The van der Waals surface area contributed by atoms with Gasteiger partial charge in [0.2, 0.25) is 0 Å². The van der Waals surface area contributed by atoms with Gasteiger partial charge in [0.15, 0.2) is 0 Å². The van der Waals surface area contributed by atoms with Crippen LogP contribution in [0, 0.1) is 0 Å². The predicted octanol–water partition coefficient (Wildman–Crippen LogP) is -0.625. The van der Waals surface area contributed by atoms with Crippen molar-refractivity contribution in [2.45, 2.75) is 18.4 Å².